The van der Waals surface area contributed by atoms with Gasteiger partial charge in [0.25, 0.3) is 11.8 Å². The Morgan fingerprint density at radius 3 is 2.11 bits per heavy atom. The molecular formula is C23H31N5O8. The van der Waals surface area contributed by atoms with E-state index in [9.17, 15) is 39.0 Å². The topological polar surface area (TPSA) is 199 Å². The van der Waals surface area contributed by atoms with Crippen molar-refractivity contribution in [2.45, 2.75) is 64.7 Å². The highest BCUT2D eigenvalue weighted by Crippen LogP contribution is 2.28. The number of urea groups is 1. The maximum absolute atomic E-state index is 13.6. The number of aliphatic carboxylic acids is 2. The van der Waals surface area contributed by atoms with Gasteiger partial charge in [-0.05, 0) is 24.0 Å². The number of imide groups is 1. The van der Waals surface area contributed by atoms with Crippen LogP contribution in [-0.2, 0) is 36.9 Å². The van der Waals surface area contributed by atoms with E-state index in [0.717, 1.165) is 12.5 Å². The highest BCUT2D eigenvalue weighted by molar-refractivity contribution is 6.09. The summed E-state index contributed by atoms with van der Waals surface area (Å²) in [5.74, 6) is -6.68. The molecular weight excluding hydrogens is 474 g/mol. The van der Waals surface area contributed by atoms with Gasteiger partial charge in [-0.2, -0.15) is 5.01 Å². The lowest BCUT2D eigenvalue weighted by Gasteiger charge is -2.38. The van der Waals surface area contributed by atoms with E-state index in [4.69, 9.17) is 5.73 Å². The molecule has 196 valence electrons. The van der Waals surface area contributed by atoms with Gasteiger partial charge in [0.05, 0.1) is 6.42 Å². The number of hydrogen-bond acceptors (Lipinski definition) is 7. The van der Waals surface area contributed by atoms with Crippen molar-refractivity contribution in [1.82, 2.24) is 20.7 Å². The Bertz CT molecular complexity index is 1040. The first-order chi connectivity index (χ1) is 16.7. The second kappa shape index (κ2) is 11.2. The van der Waals surface area contributed by atoms with Crippen molar-refractivity contribution < 1.29 is 39.0 Å². The second-order valence-corrected chi connectivity index (χ2v) is 9.14. The van der Waals surface area contributed by atoms with Crippen molar-refractivity contribution in [3.8, 4) is 0 Å². The summed E-state index contributed by atoms with van der Waals surface area (Å²) >= 11 is 0. The van der Waals surface area contributed by atoms with Crippen molar-refractivity contribution in [1.29, 1.82) is 0 Å². The number of nitrogens with one attached hydrogen (secondary N) is 2. The number of carboxylic acid groups (broad SMARTS) is 2. The second-order valence-electron chi connectivity index (χ2n) is 9.14. The minimum absolute atomic E-state index is 0.0185. The summed E-state index contributed by atoms with van der Waals surface area (Å²) in [5.41, 5.74) is 5.58. The average molecular weight is 506 g/mol. The van der Waals surface area contributed by atoms with Crippen molar-refractivity contribution in [3.63, 3.8) is 0 Å². The van der Waals surface area contributed by atoms with Gasteiger partial charge < -0.3 is 26.6 Å². The highest BCUT2D eigenvalue weighted by Gasteiger charge is 2.54. The summed E-state index contributed by atoms with van der Waals surface area (Å²) in [6, 6.07) is 2.48. The average Bonchev–Trinajstić information content (AvgIpc) is 2.98. The molecule has 1 unspecified atom stereocenters. The smallest absolute Gasteiger partial charge is 0.344 e. The van der Waals surface area contributed by atoms with Gasteiger partial charge >= 0.3 is 18.0 Å². The van der Waals surface area contributed by atoms with Gasteiger partial charge in [0.2, 0.25) is 5.91 Å². The maximum atomic E-state index is 13.6. The molecule has 1 aromatic carbocycles. The van der Waals surface area contributed by atoms with E-state index in [2.05, 4.69) is 10.6 Å². The van der Waals surface area contributed by atoms with Crippen LogP contribution in [0.2, 0.25) is 0 Å². The number of hydrogen-bond donors (Lipinski definition) is 5. The van der Waals surface area contributed by atoms with Gasteiger partial charge in [0.1, 0.15) is 11.6 Å². The molecule has 1 aliphatic rings. The Morgan fingerprint density at radius 2 is 1.67 bits per heavy atom. The zero-order valence-electron chi connectivity index (χ0n) is 20.5. The molecule has 0 aliphatic carbocycles. The van der Waals surface area contributed by atoms with Crippen LogP contribution in [0.5, 0.6) is 0 Å². The first-order valence-corrected chi connectivity index (χ1v) is 11.2. The van der Waals surface area contributed by atoms with Crippen molar-refractivity contribution in [3.05, 3.63) is 35.4 Å². The van der Waals surface area contributed by atoms with Crippen LogP contribution in [0.25, 0.3) is 0 Å². The largest absolute Gasteiger partial charge is 0.481 e. The van der Waals surface area contributed by atoms with Crippen LogP contribution in [0, 0.1) is 5.92 Å². The fraction of sp³-hybridized carbons (Fsp3) is 0.478. The predicted molar refractivity (Wildman–Crippen MR) is 125 cm³/mol. The number of amides is 5. The zero-order chi connectivity index (χ0) is 27.4. The summed E-state index contributed by atoms with van der Waals surface area (Å²) in [7, 11) is 0. The van der Waals surface area contributed by atoms with Crippen LogP contribution in [-0.4, -0.2) is 73.5 Å². The fourth-order valence-electron chi connectivity index (χ4n) is 4.00. The number of benzene rings is 1. The summed E-state index contributed by atoms with van der Waals surface area (Å²) in [4.78, 5) is 75.2. The molecule has 5 amide bonds. The molecule has 13 nitrogen and oxygen atoms in total. The van der Waals surface area contributed by atoms with Gasteiger partial charge in [0, 0.05) is 19.9 Å². The fourth-order valence-corrected chi connectivity index (χ4v) is 4.00. The van der Waals surface area contributed by atoms with E-state index < -0.39 is 65.7 Å². The Balaban J connectivity index is 2.53. The minimum atomic E-state index is -1.73. The van der Waals surface area contributed by atoms with Crippen LogP contribution in [0.4, 0.5) is 4.79 Å². The molecule has 0 radical (unpaired) electrons. The van der Waals surface area contributed by atoms with Crippen molar-refractivity contribution in [2.24, 2.45) is 11.7 Å². The van der Waals surface area contributed by atoms with Gasteiger partial charge in [-0.1, -0.05) is 38.1 Å². The molecule has 1 aliphatic heterocycles. The van der Waals surface area contributed by atoms with E-state index in [-0.39, 0.29) is 6.42 Å². The lowest BCUT2D eigenvalue weighted by molar-refractivity contribution is -0.173. The van der Waals surface area contributed by atoms with E-state index >= 15 is 0 Å². The Kier molecular flexibility index (Phi) is 8.75. The highest BCUT2D eigenvalue weighted by atomic mass is 16.4. The molecule has 1 fully saturated rings. The molecule has 6 N–H and O–H groups in total. The van der Waals surface area contributed by atoms with Gasteiger partial charge in [0.15, 0.2) is 6.04 Å². The monoisotopic (exact) mass is 505 g/mol. The summed E-state index contributed by atoms with van der Waals surface area (Å²) in [6.07, 6.45) is -0.877. The lowest BCUT2D eigenvalue weighted by atomic mass is 9.92. The standard InChI is InChI=1S/C23H31N5O8/c1-12(2)18(20(33)34)27(19(32)16(9-17(30)31)25-13(3)29)28-21(35)23(4,26-22(28)36)10-14-5-7-15(11-24)8-6-14/h5-8,12,16,18H,9-11,24H2,1-4H3,(H,25,29)(H,26,36)(H,30,31)(H,33,34)/t16-,18-,23?/m0/s1. The molecule has 1 aromatic rings. The first-order valence-electron chi connectivity index (χ1n) is 11.2. The summed E-state index contributed by atoms with van der Waals surface area (Å²) < 4.78 is 0. The quantitative estimate of drug-likeness (QED) is 0.253. The van der Waals surface area contributed by atoms with Crippen molar-refractivity contribution in [2.75, 3.05) is 0 Å². The molecule has 0 bridgehead atoms. The van der Waals surface area contributed by atoms with Crippen molar-refractivity contribution >= 4 is 35.7 Å². The summed E-state index contributed by atoms with van der Waals surface area (Å²) in [6.45, 7) is 5.71. The zero-order valence-corrected chi connectivity index (χ0v) is 20.5. The third-order valence-corrected chi connectivity index (χ3v) is 5.70. The number of nitrogens with two attached hydrogens (primary N) is 1. The van der Waals surface area contributed by atoms with Crippen LogP contribution in [0.1, 0.15) is 45.2 Å². The predicted octanol–water partition coefficient (Wildman–Crippen LogP) is -0.169. The number of carbonyl (C=O) groups is 6. The normalized spacial score (nSPS) is 19.0. The molecule has 1 saturated heterocycles. The van der Waals surface area contributed by atoms with Gasteiger partial charge in [-0.3, -0.25) is 19.2 Å². The van der Waals surface area contributed by atoms with Crippen LogP contribution in [0.15, 0.2) is 24.3 Å². The van der Waals surface area contributed by atoms with Crippen LogP contribution < -0.4 is 16.4 Å². The third kappa shape index (κ3) is 6.16. The Morgan fingerprint density at radius 1 is 1.11 bits per heavy atom. The van der Waals surface area contributed by atoms with Crippen LogP contribution >= 0.6 is 0 Å². The molecule has 36 heavy (non-hydrogen) atoms. The number of carboxylic acids is 2. The molecule has 0 spiro atoms. The molecule has 0 saturated carbocycles. The Hall–Kier alpha value is -4.00. The number of rotatable bonds is 11. The molecule has 13 heteroatoms. The molecule has 1 heterocycles. The Labute approximate surface area is 207 Å². The number of hydrazine groups is 1. The maximum Gasteiger partial charge on any atom is 0.344 e. The van der Waals surface area contributed by atoms with E-state index in [0.29, 0.717) is 22.1 Å². The van der Waals surface area contributed by atoms with Gasteiger partial charge in [-0.25, -0.2) is 14.6 Å². The minimum Gasteiger partial charge on any atom is -0.481 e. The third-order valence-electron chi connectivity index (χ3n) is 5.70. The molecule has 2 rings (SSSR count). The SMILES string of the molecule is CC(=O)N[C@@H](CC(=O)O)C(=O)N([C@H](C(=O)O)C(C)C)N1C(=O)NC(C)(Cc2ccc(CN)cc2)C1=O. The van der Waals surface area contributed by atoms with E-state index in [1.807, 2.05) is 0 Å². The van der Waals surface area contributed by atoms with Crippen LogP contribution in [0.3, 0.4) is 0 Å². The molecule has 0 aromatic heterocycles. The first kappa shape index (κ1) is 28.2. The lowest BCUT2D eigenvalue weighted by Crippen LogP contribution is -2.63. The summed E-state index contributed by atoms with van der Waals surface area (Å²) in [5, 5.41) is 24.6. The van der Waals surface area contributed by atoms with Gasteiger partial charge in [-0.15, -0.1) is 0 Å². The number of carbonyl (C=O) groups excluding carboxylic acids is 4. The van der Waals surface area contributed by atoms with E-state index in [1.54, 1.807) is 24.3 Å². The number of nitrogens with zero attached hydrogens (tertiary/aromatic N) is 2. The molecule has 3 atom stereocenters. The van der Waals surface area contributed by atoms with E-state index in [1.165, 1.54) is 20.8 Å².